The van der Waals surface area contributed by atoms with E-state index in [1.165, 1.54) is 25.3 Å². The minimum Gasteiger partial charge on any atom is -0.348 e. The maximum atomic E-state index is 14.2. The molecular formula is C24H20F2N4O3. The molecule has 2 N–H and O–H groups in total. The maximum absolute atomic E-state index is 14.2. The molecule has 168 valence electrons. The number of carbonyl (C=O) groups excluding carboxylic acids is 1. The number of hydrogen-bond acceptors (Lipinski definition) is 4. The number of rotatable bonds is 6. The van der Waals surface area contributed by atoms with E-state index in [-0.39, 0.29) is 23.0 Å². The standard InChI is InChI=1S/C24H20F2N4O3/c1-14(17-10-9-16(25)13-19(17)26)28-22(31)20(12-15-6-3-2-4-7-15)30-23(32)18-8-5-11-27-21(18)29-24(30)33/h2-11,13-14,20H,12H2,1H3,(H,28,31)(H,27,29,33)/t14-,20-/m1/s1. The van der Waals surface area contributed by atoms with Crippen molar-refractivity contribution < 1.29 is 13.6 Å². The van der Waals surface area contributed by atoms with Gasteiger partial charge >= 0.3 is 5.69 Å². The Morgan fingerprint density at radius 1 is 1.09 bits per heavy atom. The summed E-state index contributed by atoms with van der Waals surface area (Å²) in [7, 11) is 0. The summed E-state index contributed by atoms with van der Waals surface area (Å²) in [5.41, 5.74) is -0.547. The number of nitrogens with zero attached hydrogens (tertiary/aromatic N) is 2. The van der Waals surface area contributed by atoms with Crippen LogP contribution in [0.15, 0.2) is 76.4 Å². The average molecular weight is 450 g/mol. The molecule has 0 spiro atoms. The Bertz CT molecular complexity index is 1430. The summed E-state index contributed by atoms with van der Waals surface area (Å²) in [6.45, 7) is 1.53. The van der Waals surface area contributed by atoms with Crippen LogP contribution >= 0.6 is 0 Å². The van der Waals surface area contributed by atoms with Crippen molar-refractivity contribution in [1.82, 2.24) is 19.9 Å². The zero-order valence-corrected chi connectivity index (χ0v) is 17.6. The highest BCUT2D eigenvalue weighted by Gasteiger charge is 2.27. The van der Waals surface area contributed by atoms with Crippen LogP contribution < -0.4 is 16.6 Å². The molecule has 2 heterocycles. The second-order valence-electron chi connectivity index (χ2n) is 7.61. The van der Waals surface area contributed by atoms with Crippen molar-refractivity contribution in [3.05, 3.63) is 110 Å². The van der Waals surface area contributed by atoms with Gasteiger partial charge < -0.3 is 5.32 Å². The molecule has 4 rings (SSSR count). The summed E-state index contributed by atoms with van der Waals surface area (Å²) in [5.74, 6) is -2.21. The fourth-order valence-electron chi connectivity index (χ4n) is 3.72. The van der Waals surface area contributed by atoms with Crippen molar-refractivity contribution >= 4 is 16.9 Å². The monoisotopic (exact) mass is 450 g/mol. The topological polar surface area (TPSA) is 96.8 Å². The molecule has 0 radical (unpaired) electrons. The van der Waals surface area contributed by atoms with Crippen molar-refractivity contribution in [2.75, 3.05) is 0 Å². The largest absolute Gasteiger partial charge is 0.348 e. The van der Waals surface area contributed by atoms with Crippen LogP contribution in [0.25, 0.3) is 11.0 Å². The van der Waals surface area contributed by atoms with Gasteiger partial charge in [0.05, 0.1) is 11.4 Å². The van der Waals surface area contributed by atoms with Gasteiger partial charge in [-0.15, -0.1) is 0 Å². The van der Waals surface area contributed by atoms with E-state index in [4.69, 9.17) is 0 Å². The average Bonchev–Trinajstić information content (AvgIpc) is 2.79. The smallest absolute Gasteiger partial charge is 0.330 e. The molecule has 9 heteroatoms. The number of aromatic amines is 1. The molecule has 0 aliphatic carbocycles. The van der Waals surface area contributed by atoms with Gasteiger partial charge in [0, 0.05) is 24.2 Å². The molecule has 7 nitrogen and oxygen atoms in total. The highest BCUT2D eigenvalue weighted by atomic mass is 19.1. The second-order valence-corrected chi connectivity index (χ2v) is 7.61. The Balaban J connectivity index is 1.76. The number of carbonyl (C=O) groups is 1. The third-order valence-electron chi connectivity index (χ3n) is 5.38. The molecule has 0 aliphatic rings. The summed E-state index contributed by atoms with van der Waals surface area (Å²) < 4.78 is 28.3. The van der Waals surface area contributed by atoms with E-state index in [2.05, 4.69) is 15.3 Å². The van der Waals surface area contributed by atoms with Crippen molar-refractivity contribution in [2.45, 2.75) is 25.4 Å². The Kier molecular flexibility index (Phi) is 6.12. The van der Waals surface area contributed by atoms with E-state index in [9.17, 15) is 23.2 Å². The van der Waals surface area contributed by atoms with E-state index < -0.39 is 40.9 Å². The number of halogens is 2. The highest BCUT2D eigenvalue weighted by molar-refractivity contribution is 5.82. The van der Waals surface area contributed by atoms with Crippen LogP contribution in [0.2, 0.25) is 0 Å². The normalized spacial score (nSPS) is 12.9. The maximum Gasteiger partial charge on any atom is 0.330 e. The van der Waals surface area contributed by atoms with Crippen LogP contribution in [0.3, 0.4) is 0 Å². The lowest BCUT2D eigenvalue weighted by Gasteiger charge is -2.22. The van der Waals surface area contributed by atoms with Crippen molar-refractivity contribution in [3.8, 4) is 0 Å². The van der Waals surface area contributed by atoms with Crippen LogP contribution in [0.1, 0.15) is 30.1 Å². The zero-order valence-electron chi connectivity index (χ0n) is 17.6. The molecule has 2 atom stereocenters. The first-order valence-corrected chi connectivity index (χ1v) is 10.2. The summed E-state index contributed by atoms with van der Waals surface area (Å²) in [6.07, 6.45) is 1.48. The Morgan fingerprint density at radius 2 is 1.85 bits per heavy atom. The molecule has 2 aromatic heterocycles. The predicted molar refractivity (Wildman–Crippen MR) is 119 cm³/mol. The fourth-order valence-corrected chi connectivity index (χ4v) is 3.72. The predicted octanol–water partition coefficient (Wildman–Crippen LogP) is 3.02. The molecular weight excluding hydrogens is 430 g/mol. The van der Waals surface area contributed by atoms with Gasteiger partial charge in [0.25, 0.3) is 5.56 Å². The van der Waals surface area contributed by atoms with E-state index >= 15 is 0 Å². The SMILES string of the molecule is C[C@@H](NC(=O)[C@@H](Cc1ccccc1)n1c(=O)[nH]c2ncccc2c1=O)c1ccc(F)cc1F. The molecule has 4 aromatic rings. The van der Waals surface area contributed by atoms with Crippen LogP contribution in [0.5, 0.6) is 0 Å². The number of H-pyrrole nitrogens is 1. The van der Waals surface area contributed by atoms with E-state index in [0.29, 0.717) is 0 Å². The third-order valence-corrected chi connectivity index (χ3v) is 5.38. The summed E-state index contributed by atoms with van der Waals surface area (Å²) in [5, 5.41) is 2.80. The number of nitrogens with one attached hydrogen (secondary N) is 2. The van der Waals surface area contributed by atoms with Crippen LogP contribution in [0, 0.1) is 11.6 Å². The second kappa shape index (κ2) is 9.15. The minimum atomic E-state index is -1.22. The molecule has 2 aromatic carbocycles. The molecule has 0 fully saturated rings. The minimum absolute atomic E-state index is 0.0417. The van der Waals surface area contributed by atoms with Gasteiger partial charge in [-0.25, -0.2) is 23.1 Å². The number of hydrogen-bond donors (Lipinski definition) is 2. The third kappa shape index (κ3) is 4.57. The van der Waals surface area contributed by atoms with Gasteiger partial charge in [0.1, 0.15) is 23.3 Å². The molecule has 0 bridgehead atoms. The van der Waals surface area contributed by atoms with Gasteiger partial charge in [0.15, 0.2) is 0 Å². The van der Waals surface area contributed by atoms with Crippen LogP contribution in [0.4, 0.5) is 8.78 Å². The highest BCUT2D eigenvalue weighted by Crippen LogP contribution is 2.20. The molecule has 33 heavy (non-hydrogen) atoms. The number of benzene rings is 2. The zero-order chi connectivity index (χ0) is 23.5. The fraction of sp³-hybridized carbons (Fsp3) is 0.167. The van der Waals surface area contributed by atoms with E-state index in [1.807, 2.05) is 0 Å². The quantitative estimate of drug-likeness (QED) is 0.472. The molecule has 0 aliphatic heterocycles. The van der Waals surface area contributed by atoms with Crippen molar-refractivity contribution in [3.63, 3.8) is 0 Å². The van der Waals surface area contributed by atoms with Gasteiger partial charge in [0.2, 0.25) is 5.91 Å². The van der Waals surface area contributed by atoms with E-state index in [1.54, 1.807) is 36.4 Å². The van der Waals surface area contributed by atoms with Gasteiger partial charge in [-0.05, 0) is 30.7 Å². The number of pyridine rings is 1. The number of aromatic nitrogens is 3. The Morgan fingerprint density at radius 3 is 2.58 bits per heavy atom. The first-order chi connectivity index (χ1) is 15.8. The van der Waals surface area contributed by atoms with Gasteiger partial charge in [-0.3, -0.25) is 14.6 Å². The number of amides is 1. The first-order valence-electron chi connectivity index (χ1n) is 10.2. The van der Waals surface area contributed by atoms with Gasteiger partial charge in [-0.1, -0.05) is 36.4 Å². The first kappa shape index (κ1) is 22.1. The molecule has 0 unspecified atom stereocenters. The lowest BCUT2D eigenvalue weighted by atomic mass is 10.0. The van der Waals surface area contributed by atoms with Crippen LogP contribution in [-0.2, 0) is 11.2 Å². The summed E-state index contributed by atoms with van der Waals surface area (Å²) in [4.78, 5) is 45.8. The Labute approximate surface area is 186 Å². The Hall–Kier alpha value is -4.14. The summed E-state index contributed by atoms with van der Waals surface area (Å²) in [6, 6.07) is 12.9. The van der Waals surface area contributed by atoms with Crippen LogP contribution in [-0.4, -0.2) is 20.4 Å². The van der Waals surface area contributed by atoms with Gasteiger partial charge in [-0.2, -0.15) is 0 Å². The lowest BCUT2D eigenvalue weighted by Crippen LogP contribution is -2.46. The number of fused-ring (bicyclic) bond motifs is 1. The van der Waals surface area contributed by atoms with Crippen molar-refractivity contribution in [1.29, 1.82) is 0 Å². The molecule has 1 amide bonds. The van der Waals surface area contributed by atoms with Crippen molar-refractivity contribution in [2.24, 2.45) is 0 Å². The molecule has 0 saturated carbocycles. The lowest BCUT2D eigenvalue weighted by molar-refractivity contribution is -0.125. The van der Waals surface area contributed by atoms with E-state index in [0.717, 1.165) is 22.3 Å². The molecule has 0 saturated heterocycles. The summed E-state index contributed by atoms with van der Waals surface area (Å²) >= 11 is 0.